The number of aryl methyl sites for hydroxylation is 1. The van der Waals surface area contributed by atoms with Crippen molar-refractivity contribution in [3.63, 3.8) is 0 Å². The molecule has 1 aliphatic carbocycles. The molecule has 5 rings (SSSR count). The third kappa shape index (κ3) is 5.01. The molecule has 7 heteroatoms. The molecule has 1 amide bonds. The molecule has 35 heavy (non-hydrogen) atoms. The summed E-state index contributed by atoms with van der Waals surface area (Å²) >= 11 is 0. The molecule has 2 N–H and O–H groups in total. The minimum atomic E-state index is -0.241. The Morgan fingerprint density at radius 3 is 2.51 bits per heavy atom. The van der Waals surface area contributed by atoms with Crippen molar-refractivity contribution in [1.29, 1.82) is 0 Å². The summed E-state index contributed by atoms with van der Waals surface area (Å²) in [6, 6.07) is 9.91. The molecule has 0 bridgehead atoms. The van der Waals surface area contributed by atoms with Crippen molar-refractivity contribution in [2.75, 3.05) is 26.7 Å². The normalized spacial score (nSPS) is 17.1. The van der Waals surface area contributed by atoms with Gasteiger partial charge in [0, 0.05) is 35.4 Å². The summed E-state index contributed by atoms with van der Waals surface area (Å²) in [6.45, 7) is 8.52. The highest BCUT2D eigenvalue weighted by atomic mass is 16.5. The summed E-state index contributed by atoms with van der Waals surface area (Å²) in [5.41, 5.74) is 3.67. The monoisotopic (exact) mass is 476 g/mol. The van der Waals surface area contributed by atoms with Gasteiger partial charge in [-0.15, -0.1) is 0 Å². The number of nitrogens with zero attached hydrogens (tertiary/aromatic N) is 2. The highest BCUT2D eigenvalue weighted by Gasteiger charge is 2.28. The molecule has 1 saturated carbocycles. The molecular formula is C28H36N4O3. The minimum Gasteiger partial charge on any atom is -0.496 e. The van der Waals surface area contributed by atoms with Crippen LogP contribution in [0.3, 0.4) is 0 Å². The first-order valence-electron chi connectivity index (χ1n) is 12.8. The number of ether oxygens (including phenoxy) is 1. The quantitative estimate of drug-likeness (QED) is 0.515. The topological polar surface area (TPSA) is 79.4 Å². The first-order valence-corrected chi connectivity index (χ1v) is 12.8. The van der Waals surface area contributed by atoms with Gasteiger partial charge >= 0.3 is 0 Å². The Hall–Kier alpha value is -3.06. The fourth-order valence-electron chi connectivity index (χ4n) is 5.52. The van der Waals surface area contributed by atoms with E-state index in [0.29, 0.717) is 22.8 Å². The number of hydrogen-bond donors (Lipinski definition) is 2. The molecule has 3 heterocycles. The lowest BCUT2D eigenvalue weighted by molar-refractivity contribution is 0.0951. The summed E-state index contributed by atoms with van der Waals surface area (Å²) in [7, 11) is 1.54. The number of carbonyl (C=O) groups excluding carboxylic acids is 1. The van der Waals surface area contributed by atoms with Gasteiger partial charge in [0.15, 0.2) is 0 Å². The van der Waals surface area contributed by atoms with Crippen molar-refractivity contribution in [2.24, 2.45) is 11.8 Å². The zero-order valence-corrected chi connectivity index (χ0v) is 21.0. The standard InChI is InChI=1S/C28H36N4O3/c1-18-14-25(35-3)23(27(33)30-18)15-29-28(34)26-19(2)32(24-7-5-4-6-22(24)26)17-21-10-12-31(13-11-21)16-20-8-9-20/h4-7,14,20-21H,8-13,15-17H2,1-3H3,(H,29,34)(H,30,33). The fraction of sp³-hybridized carbons (Fsp3) is 0.500. The Labute approximate surface area is 206 Å². The Kier molecular flexibility index (Phi) is 6.69. The van der Waals surface area contributed by atoms with E-state index in [0.717, 1.165) is 34.8 Å². The van der Waals surface area contributed by atoms with Gasteiger partial charge in [-0.2, -0.15) is 0 Å². The van der Waals surface area contributed by atoms with Crippen molar-refractivity contribution < 1.29 is 9.53 Å². The number of aromatic amines is 1. The molecule has 0 spiro atoms. The number of likely N-dealkylation sites (tertiary alicyclic amines) is 1. The highest BCUT2D eigenvalue weighted by molar-refractivity contribution is 6.08. The van der Waals surface area contributed by atoms with Crippen LogP contribution in [0.15, 0.2) is 35.1 Å². The van der Waals surface area contributed by atoms with Crippen LogP contribution >= 0.6 is 0 Å². The molecule has 2 fully saturated rings. The maximum atomic E-state index is 13.4. The van der Waals surface area contributed by atoms with Crippen LogP contribution in [0.2, 0.25) is 0 Å². The molecule has 186 valence electrons. The number of fused-ring (bicyclic) bond motifs is 1. The lowest BCUT2D eigenvalue weighted by atomic mass is 9.96. The third-order valence-electron chi connectivity index (χ3n) is 7.69. The number of H-pyrrole nitrogens is 1. The number of methoxy groups -OCH3 is 1. The maximum Gasteiger partial charge on any atom is 0.256 e. The molecule has 2 aliphatic rings. The van der Waals surface area contributed by atoms with Crippen molar-refractivity contribution in [3.05, 3.63) is 63.2 Å². The van der Waals surface area contributed by atoms with E-state index >= 15 is 0 Å². The van der Waals surface area contributed by atoms with Crippen molar-refractivity contribution in [1.82, 2.24) is 19.8 Å². The van der Waals surface area contributed by atoms with E-state index in [-0.39, 0.29) is 18.0 Å². The van der Waals surface area contributed by atoms with Crippen LogP contribution in [0.4, 0.5) is 0 Å². The Bertz CT molecular complexity index is 1280. The molecule has 1 aromatic carbocycles. The van der Waals surface area contributed by atoms with Crippen molar-refractivity contribution >= 4 is 16.8 Å². The molecule has 0 unspecified atom stereocenters. The number of aromatic nitrogens is 2. The number of nitrogens with one attached hydrogen (secondary N) is 2. The summed E-state index contributed by atoms with van der Waals surface area (Å²) in [5.74, 6) is 1.88. The van der Waals surface area contributed by atoms with Crippen molar-refractivity contribution in [2.45, 2.75) is 52.6 Å². The number of para-hydroxylation sites is 1. The van der Waals surface area contributed by atoms with Crippen LogP contribution in [0.25, 0.3) is 10.9 Å². The molecule has 3 aromatic rings. The van der Waals surface area contributed by atoms with E-state index < -0.39 is 0 Å². The van der Waals surface area contributed by atoms with Gasteiger partial charge in [0.2, 0.25) is 0 Å². The predicted octanol–water partition coefficient (Wildman–Crippen LogP) is 4.01. The number of benzene rings is 1. The second kappa shape index (κ2) is 9.90. The lowest BCUT2D eigenvalue weighted by Crippen LogP contribution is -2.36. The van der Waals surface area contributed by atoms with E-state index in [9.17, 15) is 9.59 Å². The van der Waals surface area contributed by atoms with Crippen LogP contribution in [0, 0.1) is 25.7 Å². The lowest BCUT2D eigenvalue weighted by Gasteiger charge is -2.32. The number of rotatable bonds is 8. The Morgan fingerprint density at radius 1 is 1.09 bits per heavy atom. The number of piperidine rings is 1. The van der Waals surface area contributed by atoms with Crippen molar-refractivity contribution in [3.8, 4) is 5.75 Å². The summed E-state index contributed by atoms with van der Waals surface area (Å²) in [6.07, 6.45) is 5.22. The van der Waals surface area contributed by atoms with E-state index in [4.69, 9.17) is 4.74 Å². The van der Waals surface area contributed by atoms with Crippen LogP contribution in [0.5, 0.6) is 5.75 Å². The van der Waals surface area contributed by atoms with Gasteiger partial charge < -0.3 is 24.5 Å². The Morgan fingerprint density at radius 2 is 1.80 bits per heavy atom. The molecule has 0 radical (unpaired) electrons. The van der Waals surface area contributed by atoms with Gasteiger partial charge in [-0.25, -0.2) is 0 Å². The largest absolute Gasteiger partial charge is 0.496 e. The third-order valence-corrected chi connectivity index (χ3v) is 7.69. The molecule has 1 saturated heterocycles. The van der Waals surface area contributed by atoms with Crippen LogP contribution in [0.1, 0.15) is 53.0 Å². The van der Waals surface area contributed by atoms with Gasteiger partial charge in [0.1, 0.15) is 5.75 Å². The number of amides is 1. The highest BCUT2D eigenvalue weighted by Crippen LogP contribution is 2.32. The summed E-state index contributed by atoms with van der Waals surface area (Å²) < 4.78 is 7.70. The van der Waals surface area contributed by atoms with Gasteiger partial charge in [-0.3, -0.25) is 9.59 Å². The van der Waals surface area contributed by atoms with Crippen LogP contribution in [-0.4, -0.2) is 47.1 Å². The first-order chi connectivity index (χ1) is 16.9. The smallest absolute Gasteiger partial charge is 0.256 e. The first kappa shape index (κ1) is 23.7. The zero-order chi connectivity index (χ0) is 24.5. The number of hydrogen-bond acceptors (Lipinski definition) is 4. The molecule has 1 aliphatic heterocycles. The van der Waals surface area contributed by atoms with Gasteiger partial charge in [0.25, 0.3) is 11.5 Å². The average Bonchev–Trinajstić information content (AvgIpc) is 3.62. The van der Waals surface area contributed by atoms with E-state index in [1.165, 1.54) is 52.4 Å². The summed E-state index contributed by atoms with van der Waals surface area (Å²) in [5, 5.41) is 3.93. The predicted molar refractivity (Wildman–Crippen MR) is 138 cm³/mol. The molecule has 0 atom stereocenters. The Balaban J connectivity index is 1.34. The van der Waals surface area contributed by atoms with Gasteiger partial charge in [-0.05, 0) is 76.6 Å². The molecule has 2 aromatic heterocycles. The number of carbonyl (C=O) groups is 1. The maximum absolute atomic E-state index is 13.4. The summed E-state index contributed by atoms with van der Waals surface area (Å²) in [4.78, 5) is 31.3. The van der Waals surface area contributed by atoms with E-state index in [1.54, 1.807) is 6.07 Å². The second-order valence-electron chi connectivity index (χ2n) is 10.3. The SMILES string of the molecule is COc1cc(C)[nH]c(=O)c1CNC(=O)c1c(C)n(CC2CCN(CC3CC3)CC2)c2ccccc12. The molecule has 7 nitrogen and oxygen atoms in total. The fourth-order valence-corrected chi connectivity index (χ4v) is 5.52. The zero-order valence-electron chi connectivity index (χ0n) is 21.0. The van der Waals surface area contributed by atoms with Crippen LogP contribution < -0.4 is 15.6 Å². The van der Waals surface area contributed by atoms with E-state index in [1.807, 2.05) is 32.0 Å². The second-order valence-corrected chi connectivity index (χ2v) is 10.3. The number of pyridine rings is 1. The minimum absolute atomic E-state index is 0.107. The van der Waals surface area contributed by atoms with Crippen LogP contribution in [-0.2, 0) is 13.1 Å². The van der Waals surface area contributed by atoms with Gasteiger partial charge in [0.05, 0.1) is 24.8 Å². The average molecular weight is 477 g/mol. The van der Waals surface area contributed by atoms with Gasteiger partial charge in [-0.1, -0.05) is 18.2 Å². The van der Waals surface area contributed by atoms with E-state index in [2.05, 4.69) is 25.8 Å². The molecular weight excluding hydrogens is 440 g/mol.